The number of nitrogens with two attached hydrogens (primary N) is 1. The molecule has 0 bridgehead atoms. The maximum Gasteiger partial charge on any atom is 0.320 e. The number of hydrogen-bond donors (Lipinski definition) is 2. The number of primary amides is 1. The molecule has 3 amide bonds. The van der Waals surface area contributed by atoms with Crippen molar-refractivity contribution in [3.63, 3.8) is 0 Å². The van der Waals surface area contributed by atoms with E-state index in [2.05, 4.69) is 5.32 Å². The van der Waals surface area contributed by atoms with Gasteiger partial charge in [0.1, 0.15) is 6.54 Å². The molecule has 2 fully saturated rings. The van der Waals surface area contributed by atoms with E-state index in [0.717, 1.165) is 51.9 Å². The van der Waals surface area contributed by atoms with E-state index in [1.165, 1.54) is 0 Å². The standard InChI is InChI=1S/C12H22N4O2/c13-11(17)9-16(10-3-5-14-6-4-10)12(18)15-7-1-2-8-15/h10,14H,1-9H2,(H2,13,17). The second-order valence-electron chi connectivity index (χ2n) is 5.05. The average molecular weight is 254 g/mol. The van der Waals surface area contributed by atoms with E-state index < -0.39 is 5.91 Å². The Hall–Kier alpha value is -1.30. The second-order valence-corrected chi connectivity index (χ2v) is 5.05. The first kappa shape index (κ1) is 13.1. The second kappa shape index (κ2) is 6.04. The summed E-state index contributed by atoms with van der Waals surface area (Å²) in [6.07, 6.45) is 3.91. The summed E-state index contributed by atoms with van der Waals surface area (Å²) in [6.45, 7) is 3.44. The molecule has 0 radical (unpaired) electrons. The van der Waals surface area contributed by atoms with E-state index in [1.54, 1.807) is 4.90 Å². The van der Waals surface area contributed by atoms with E-state index >= 15 is 0 Å². The van der Waals surface area contributed by atoms with Gasteiger partial charge >= 0.3 is 6.03 Å². The average Bonchev–Trinajstić information content (AvgIpc) is 2.90. The van der Waals surface area contributed by atoms with Gasteiger partial charge in [0.25, 0.3) is 0 Å². The monoisotopic (exact) mass is 254 g/mol. The van der Waals surface area contributed by atoms with Gasteiger partial charge in [-0.25, -0.2) is 4.79 Å². The van der Waals surface area contributed by atoms with Gasteiger partial charge in [-0.15, -0.1) is 0 Å². The van der Waals surface area contributed by atoms with Crippen molar-refractivity contribution in [2.45, 2.75) is 31.7 Å². The zero-order valence-corrected chi connectivity index (χ0v) is 10.7. The van der Waals surface area contributed by atoms with Crippen LogP contribution in [-0.2, 0) is 4.79 Å². The van der Waals surface area contributed by atoms with E-state index in [9.17, 15) is 9.59 Å². The zero-order chi connectivity index (χ0) is 13.0. The Morgan fingerprint density at radius 1 is 1.22 bits per heavy atom. The van der Waals surface area contributed by atoms with E-state index in [0.29, 0.717) is 0 Å². The molecule has 6 heteroatoms. The van der Waals surface area contributed by atoms with E-state index in [-0.39, 0.29) is 18.6 Å². The fourth-order valence-electron chi connectivity index (χ4n) is 2.73. The zero-order valence-electron chi connectivity index (χ0n) is 10.7. The smallest absolute Gasteiger partial charge is 0.320 e. The molecule has 0 saturated carbocycles. The molecule has 2 rings (SSSR count). The molecule has 0 aromatic heterocycles. The van der Waals surface area contributed by atoms with Crippen LogP contribution in [0.4, 0.5) is 4.79 Å². The minimum Gasteiger partial charge on any atom is -0.368 e. The third-order valence-corrected chi connectivity index (χ3v) is 3.70. The first-order valence-corrected chi connectivity index (χ1v) is 6.73. The lowest BCUT2D eigenvalue weighted by molar-refractivity contribution is -0.119. The number of hydrogen-bond acceptors (Lipinski definition) is 3. The molecule has 2 heterocycles. The van der Waals surface area contributed by atoms with Gasteiger partial charge in [0.15, 0.2) is 0 Å². The number of amides is 3. The summed E-state index contributed by atoms with van der Waals surface area (Å²) in [5.74, 6) is -0.430. The Balaban J connectivity index is 2.02. The highest BCUT2D eigenvalue weighted by Crippen LogP contribution is 2.17. The van der Waals surface area contributed by atoms with Crippen LogP contribution in [0.1, 0.15) is 25.7 Å². The van der Waals surface area contributed by atoms with Crippen molar-refractivity contribution in [1.82, 2.24) is 15.1 Å². The van der Waals surface area contributed by atoms with Crippen molar-refractivity contribution in [1.29, 1.82) is 0 Å². The fourth-order valence-corrected chi connectivity index (χ4v) is 2.73. The molecule has 2 aliphatic rings. The summed E-state index contributed by atoms with van der Waals surface area (Å²) >= 11 is 0. The molecular formula is C12H22N4O2. The number of rotatable bonds is 3. The summed E-state index contributed by atoms with van der Waals surface area (Å²) in [6, 6.07) is 0.130. The number of urea groups is 1. The van der Waals surface area contributed by atoms with Crippen molar-refractivity contribution >= 4 is 11.9 Å². The summed E-state index contributed by atoms with van der Waals surface area (Å²) < 4.78 is 0. The number of piperidine rings is 1. The van der Waals surface area contributed by atoms with Crippen molar-refractivity contribution in [2.75, 3.05) is 32.7 Å². The maximum atomic E-state index is 12.4. The van der Waals surface area contributed by atoms with Gasteiger partial charge in [0.05, 0.1) is 0 Å². The molecule has 0 atom stereocenters. The van der Waals surface area contributed by atoms with Crippen LogP contribution in [-0.4, -0.2) is 60.5 Å². The quantitative estimate of drug-likeness (QED) is 0.728. The van der Waals surface area contributed by atoms with Gasteiger partial charge in [-0.3, -0.25) is 4.79 Å². The lowest BCUT2D eigenvalue weighted by Gasteiger charge is -2.36. The van der Waals surface area contributed by atoms with E-state index in [1.807, 2.05) is 4.90 Å². The molecule has 102 valence electrons. The van der Waals surface area contributed by atoms with Gasteiger partial charge in [-0.2, -0.15) is 0 Å². The molecule has 3 N–H and O–H groups in total. The largest absolute Gasteiger partial charge is 0.368 e. The van der Waals surface area contributed by atoms with Crippen LogP contribution in [0.3, 0.4) is 0 Å². The number of nitrogens with zero attached hydrogens (tertiary/aromatic N) is 2. The topological polar surface area (TPSA) is 78.7 Å². The van der Waals surface area contributed by atoms with Crippen LogP contribution in [0, 0.1) is 0 Å². The van der Waals surface area contributed by atoms with Crippen LogP contribution in [0.15, 0.2) is 0 Å². The lowest BCUT2D eigenvalue weighted by atomic mass is 10.1. The van der Waals surface area contributed by atoms with Crippen LogP contribution in [0.5, 0.6) is 0 Å². The summed E-state index contributed by atoms with van der Waals surface area (Å²) in [5, 5.41) is 3.26. The van der Waals surface area contributed by atoms with Crippen LogP contribution in [0.2, 0.25) is 0 Å². The molecule has 18 heavy (non-hydrogen) atoms. The van der Waals surface area contributed by atoms with E-state index in [4.69, 9.17) is 5.73 Å². The predicted molar refractivity (Wildman–Crippen MR) is 68.0 cm³/mol. The van der Waals surface area contributed by atoms with Crippen LogP contribution < -0.4 is 11.1 Å². The first-order valence-electron chi connectivity index (χ1n) is 6.73. The molecule has 0 aromatic rings. The molecular weight excluding hydrogens is 232 g/mol. The number of nitrogens with one attached hydrogen (secondary N) is 1. The lowest BCUT2D eigenvalue weighted by Crippen LogP contribution is -2.53. The van der Waals surface area contributed by atoms with Crippen molar-refractivity contribution in [3.8, 4) is 0 Å². The summed E-state index contributed by atoms with van der Waals surface area (Å²) in [5.41, 5.74) is 5.27. The summed E-state index contributed by atoms with van der Waals surface area (Å²) in [7, 11) is 0. The minimum absolute atomic E-state index is 0.0156. The van der Waals surface area contributed by atoms with Crippen molar-refractivity contribution in [3.05, 3.63) is 0 Å². The molecule has 0 aliphatic carbocycles. The van der Waals surface area contributed by atoms with Gasteiger partial charge in [-0.05, 0) is 38.8 Å². The Labute approximate surface area is 107 Å². The Kier molecular flexibility index (Phi) is 4.41. The molecule has 2 aliphatic heterocycles. The van der Waals surface area contributed by atoms with Gasteiger partial charge < -0.3 is 20.9 Å². The van der Waals surface area contributed by atoms with Gasteiger partial charge in [0.2, 0.25) is 5.91 Å². The van der Waals surface area contributed by atoms with Crippen molar-refractivity contribution < 1.29 is 9.59 Å². The molecule has 0 spiro atoms. The maximum absolute atomic E-state index is 12.4. The highest BCUT2D eigenvalue weighted by atomic mass is 16.2. The minimum atomic E-state index is -0.430. The SMILES string of the molecule is NC(=O)CN(C(=O)N1CCCC1)C1CCNCC1. The normalized spacial score (nSPS) is 21.0. The molecule has 0 unspecified atom stereocenters. The third kappa shape index (κ3) is 3.13. The number of carbonyl (C=O) groups is 2. The summed E-state index contributed by atoms with van der Waals surface area (Å²) in [4.78, 5) is 27.1. The molecule has 2 saturated heterocycles. The van der Waals surface area contributed by atoms with Gasteiger partial charge in [-0.1, -0.05) is 0 Å². The number of likely N-dealkylation sites (tertiary alicyclic amines) is 1. The Morgan fingerprint density at radius 3 is 2.39 bits per heavy atom. The Bertz CT molecular complexity index is 309. The molecule has 0 aromatic carbocycles. The first-order chi connectivity index (χ1) is 8.68. The third-order valence-electron chi connectivity index (χ3n) is 3.70. The van der Waals surface area contributed by atoms with Gasteiger partial charge in [0, 0.05) is 19.1 Å². The molecule has 6 nitrogen and oxygen atoms in total. The van der Waals surface area contributed by atoms with Crippen LogP contribution in [0.25, 0.3) is 0 Å². The fraction of sp³-hybridized carbons (Fsp3) is 0.833. The predicted octanol–water partition coefficient (Wildman–Crippen LogP) is -0.258. The Morgan fingerprint density at radius 2 is 1.83 bits per heavy atom. The highest BCUT2D eigenvalue weighted by Gasteiger charge is 2.30. The van der Waals surface area contributed by atoms with Crippen LogP contribution >= 0.6 is 0 Å². The highest BCUT2D eigenvalue weighted by molar-refractivity contribution is 5.83. The number of carbonyl (C=O) groups excluding carboxylic acids is 2. The van der Waals surface area contributed by atoms with Crippen molar-refractivity contribution in [2.24, 2.45) is 5.73 Å².